The Morgan fingerprint density at radius 3 is 2.58 bits per heavy atom. The maximum atomic E-state index is 13.7. The Bertz CT molecular complexity index is 1650. The number of fused-ring (bicyclic) bond motifs is 3. The number of hydrogen-bond donors (Lipinski definition) is 6. The molecule has 14 nitrogen and oxygen atoms in total. The van der Waals surface area contributed by atoms with Gasteiger partial charge in [-0.05, 0) is 56.9 Å². The molecular weight excluding hydrogens is 582 g/mol. The molecule has 3 aromatic heterocycles. The van der Waals surface area contributed by atoms with Crippen LogP contribution in [0.4, 0.5) is 0 Å². The third kappa shape index (κ3) is 8.31. The van der Waals surface area contributed by atoms with Gasteiger partial charge in [0.15, 0.2) is 5.69 Å². The van der Waals surface area contributed by atoms with Crippen LogP contribution in [0.2, 0.25) is 0 Å². The Morgan fingerprint density at radius 2 is 1.82 bits per heavy atom. The Kier molecular flexibility index (Phi) is 11.0. The summed E-state index contributed by atoms with van der Waals surface area (Å²) < 4.78 is 5.71. The van der Waals surface area contributed by atoms with Gasteiger partial charge in [0.25, 0.3) is 18.3 Å². The summed E-state index contributed by atoms with van der Waals surface area (Å²) in [5.74, 6) is -1.25. The molecule has 0 aliphatic carbocycles. The van der Waals surface area contributed by atoms with Gasteiger partial charge in [0.1, 0.15) is 23.9 Å². The smallest absolute Gasteiger partial charge is 0.290 e. The van der Waals surface area contributed by atoms with Gasteiger partial charge in [-0.25, -0.2) is 4.98 Å². The number of carboxylic acid groups (broad SMARTS) is 1. The molecule has 14 heteroatoms. The summed E-state index contributed by atoms with van der Waals surface area (Å²) in [7, 11) is 0. The highest BCUT2D eigenvalue weighted by molar-refractivity contribution is 5.98. The topological polar surface area (TPSA) is 208 Å². The van der Waals surface area contributed by atoms with Crippen molar-refractivity contribution >= 4 is 41.0 Å². The van der Waals surface area contributed by atoms with Crippen LogP contribution < -0.4 is 21.3 Å². The molecular formula is C31H35N7O7. The minimum Gasteiger partial charge on any atom is -0.483 e. The average molecular weight is 618 g/mol. The molecule has 0 unspecified atom stereocenters. The second-order valence-corrected chi connectivity index (χ2v) is 10.4. The molecule has 0 saturated carbocycles. The number of carbonyl (C=O) groups is 5. The van der Waals surface area contributed by atoms with Crippen molar-refractivity contribution in [3.05, 3.63) is 83.5 Å². The number of amides is 4. The largest absolute Gasteiger partial charge is 0.483 e. The zero-order valence-electron chi connectivity index (χ0n) is 24.8. The zero-order chi connectivity index (χ0) is 32.3. The second-order valence-electron chi connectivity index (χ2n) is 10.4. The Balaban J connectivity index is 0.00000148. The quantitative estimate of drug-likeness (QED) is 0.185. The van der Waals surface area contributed by atoms with E-state index in [1.54, 1.807) is 26.0 Å². The fourth-order valence-electron chi connectivity index (χ4n) is 4.96. The predicted molar refractivity (Wildman–Crippen MR) is 162 cm³/mol. The minimum atomic E-state index is -0.980. The molecule has 0 saturated heterocycles. The summed E-state index contributed by atoms with van der Waals surface area (Å²) >= 11 is 0. The lowest BCUT2D eigenvalue weighted by atomic mass is 10.0. The van der Waals surface area contributed by atoms with Crippen LogP contribution in [0.3, 0.4) is 0 Å². The van der Waals surface area contributed by atoms with Gasteiger partial charge in [-0.15, -0.1) is 0 Å². The van der Waals surface area contributed by atoms with E-state index in [1.165, 1.54) is 12.4 Å². The van der Waals surface area contributed by atoms with Crippen molar-refractivity contribution in [2.45, 2.75) is 57.7 Å². The van der Waals surface area contributed by atoms with E-state index in [2.05, 4.69) is 36.2 Å². The monoisotopic (exact) mass is 617 g/mol. The lowest BCUT2D eigenvalue weighted by Crippen LogP contribution is -2.54. The fraction of sp³-hybridized carbons (Fsp3) is 0.323. The second kappa shape index (κ2) is 15.3. The molecule has 0 radical (unpaired) electrons. The molecule has 1 aromatic carbocycles. The highest BCUT2D eigenvalue weighted by atomic mass is 16.4. The summed E-state index contributed by atoms with van der Waals surface area (Å²) in [5, 5.41) is 19.2. The van der Waals surface area contributed by atoms with Crippen molar-refractivity contribution in [1.82, 2.24) is 36.2 Å². The van der Waals surface area contributed by atoms with Crippen LogP contribution in [0, 0.1) is 6.92 Å². The molecule has 45 heavy (non-hydrogen) atoms. The number of aromatic nitrogens is 3. The van der Waals surface area contributed by atoms with Crippen molar-refractivity contribution in [1.29, 1.82) is 0 Å². The summed E-state index contributed by atoms with van der Waals surface area (Å²) in [4.78, 5) is 72.9. The van der Waals surface area contributed by atoms with Gasteiger partial charge in [-0.3, -0.25) is 29.0 Å². The molecule has 4 amide bonds. The van der Waals surface area contributed by atoms with Crippen molar-refractivity contribution < 1.29 is 33.5 Å². The maximum Gasteiger partial charge on any atom is 0.290 e. The molecule has 4 heterocycles. The Morgan fingerprint density at radius 1 is 1.09 bits per heavy atom. The zero-order valence-corrected chi connectivity index (χ0v) is 24.8. The standard InChI is InChI=1S/C30H33N7O5.CH2O2/c1-17-30-37-25(18(2)42-30)29(41)32-12-6-5-9-23(35-26(38)19-10-13-31-14-11-19)27(39)36-24(28(40)34-17)15-20-16-33-22-8-4-3-7-21(20)22;2-1-3/h3-4,7-8,10-11,13-14,16-17,23-24,33H,5-6,9,12,15H2,1-2H3,(H,32,41)(H,34,40)(H,35,38)(H,36,39);1H,(H,2,3)/t17-,23+,24-;/m1./s1. The first-order chi connectivity index (χ1) is 21.7. The number of aromatic amines is 1. The van der Waals surface area contributed by atoms with Crippen LogP contribution >= 0.6 is 0 Å². The van der Waals surface area contributed by atoms with E-state index < -0.39 is 35.8 Å². The van der Waals surface area contributed by atoms with Crippen LogP contribution in [0.25, 0.3) is 10.9 Å². The van der Waals surface area contributed by atoms with E-state index in [4.69, 9.17) is 14.3 Å². The number of para-hydroxylation sites is 1. The summed E-state index contributed by atoms with van der Waals surface area (Å²) in [6, 6.07) is 8.23. The predicted octanol–water partition coefficient (Wildman–Crippen LogP) is 2.18. The van der Waals surface area contributed by atoms with E-state index in [0.717, 1.165) is 16.5 Å². The number of pyridine rings is 1. The number of benzene rings is 1. The fourth-order valence-corrected chi connectivity index (χ4v) is 4.96. The molecule has 6 N–H and O–H groups in total. The number of nitrogens with one attached hydrogen (secondary N) is 5. The minimum absolute atomic E-state index is 0.157. The number of carbonyl (C=O) groups excluding carboxylic acids is 4. The number of oxazole rings is 1. The van der Waals surface area contributed by atoms with Gasteiger partial charge in [0.2, 0.25) is 17.7 Å². The molecule has 0 fully saturated rings. The maximum absolute atomic E-state index is 13.7. The van der Waals surface area contributed by atoms with Crippen LogP contribution in [0.15, 0.2) is 59.4 Å². The van der Waals surface area contributed by atoms with E-state index in [-0.39, 0.29) is 30.4 Å². The molecule has 1 aliphatic heterocycles. The first-order valence-corrected chi connectivity index (χ1v) is 14.4. The van der Waals surface area contributed by atoms with Gasteiger partial charge in [-0.2, -0.15) is 0 Å². The van der Waals surface area contributed by atoms with Crippen molar-refractivity contribution in [3.63, 3.8) is 0 Å². The van der Waals surface area contributed by atoms with E-state index in [9.17, 15) is 19.2 Å². The van der Waals surface area contributed by atoms with E-state index >= 15 is 0 Å². The van der Waals surface area contributed by atoms with Crippen molar-refractivity contribution in [2.75, 3.05) is 6.54 Å². The Hall–Kier alpha value is -5.53. The number of H-pyrrole nitrogens is 1. The summed E-state index contributed by atoms with van der Waals surface area (Å²) in [6.07, 6.45) is 6.38. The third-order valence-electron chi connectivity index (χ3n) is 7.26. The molecule has 4 aromatic rings. The lowest BCUT2D eigenvalue weighted by Gasteiger charge is -2.24. The van der Waals surface area contributed by atoms with Gasteiger partial charge in [-0.1, -0.05) is 18.2 Å². The van der Waals surface area contributed by atoms with Crippen LogP contribution in [-0.2, 0) is 20.8 Å². The van der Waals surface area contributed by atoms with Crippen molar-refractivity contribution in [3.8, 4) is 0 Å². The first-order valence-electron chi connectivity index (χ1n) is 14.4. The van der Waals surface area contributed by atoms with Gasteiger partial charge < -0.3 is 35.8 Å². The molecule has 3 atom stereocenters. The van der Waals surface area contributed by atoms with E-state index in [1.807, 2.05) is 30.5 Å². The highest BCUT2D eigenvalue weighted by Gasteiger charge is 2.30. The molecule has 2 bridgehead atoms. The molecule has 1 aliphatic rings. The van der Waals surface area contributed by atoms with Crippen LogP contribution in [0.5, 0.6) is 0 Å². The summed E-state index contributed by atoms with van der Waals surface area (Å²) in [5.41, 5.74) is 2.27. The lowest BCUT2D eigenvalue weighted by molar-refractivity contribution is -0.130. The Labute approximate surface area is 258 Å². The van der Waals surface area contributed by atoms with Gasteiger partial charge in [0, 0.05) is 48.0 Å². The SMILES string of the molecule is Cc1oc2nc1C(=O)NCCCC[C@H](NC(=O)c1ccncc1)C(=O)N[C@H](Cc1c[nH]c3ccccc13)C(=O)N[C@@H]2C.O=CO. The van der Waals surface area contributed by atoms with E-state index in [0.29, 0.717) is 37.1 Å². The summed E-state index contributed by atoms with van der Waals surface area (Å²) in [6.45, 7) is 3.43. The third-order valence-corrected chi connectivity index (χ3v) is 7.26. The van der Waals surface area contributed by atoms with Crippen molar-refractivity contribution in [2.24, 2.45) is 0 Å². The first kappa shape index (κ1) is 32.4. The molecule has 236 valence electrons. The van der Waals surface area contributed by atoms with Crippen LogP contribution in [-0.4, -0.2) is 68.8 Å². The molecule has 0 spiro atoms. The number of nitrogens with zero attached hydrogens (tertiary/aromatic N) is 2. The van der Waals surface area contributed by atoms with Gasteiger partial charge >= 0.3 is 0 Å². The normalized spacial score (nSPS) is 19.3. The average Bonchev–Trinajstić information content (AvgIpc) is 3.63. The van der Waals surface area contributed by atoms with Crippen LogP contribution in [0.1, 0.15) is 70.3 Å². The highest BCUT2D eigenvalue weighted by Crippen LogP contribution is 2.21. The number of hydrogen-bond acceptors (Lipinski definition) is 8. The van der Waals surface area contributed by atoms with Gasteiger partial charge in [0.05, 0.1) is 0 Å². The number of rotatable bonds is 4. The number of aryl methyl sites for hydroxylation is 1. The molecule has 5 rings (SSSR count).